The van der Waals surface area contributed by atoms with Crippen molar-refractivity contribution in [3.05, 3.63) is 42.1 Å². The molecule has 0 saturated heterocycles. The van der Waals surface area contributed by atoms with Crippen LogP contribution in [0.15, 0.2) is 35.3 Å². The van der Waals surface area contributed by atoms with E-state index in [0.717, 1.165) is 0 Å². The molecule has 0 unspecified atom stereocenters. The number of hydrogen-bond donors (Lipinski definition) is 2. The number of fused-ring (bicyclic) bond motifs is 1. The molecule has 0 aliphatic heterocycles. The number of carbonyl (C=O) groups excluding carboxylic acids is 2. The van der Waals surface area contributed by atoms with Gasteiger partial charge in [0.05, 0.1) is 42.9 Å². The molecular weight excluding hydrogens is 441 g/mol. The summed E-state index contributed by atoms with van der Waals surface area (Å²) in [5, 5.41) is 5.88. The number of methoxy groups -OCH3 is 1. The Hall–Kier alpha value is -3.50. The van der Waals surface area contributed by atoms with E-state index in [0.29, 0.717) is 23.3 Å². The number of pyridine rings is 1. The van der Waals surface area contributed by atoms with Gasteiger partial charge in [0.25, 0.3) is 5.91 Å². The van der Waals surface area contributed by atoms with Gasteiger partial charge in [0.2, 0.25) is 0 Å². The van der Waals surface area contributed by atoms with E-state index in [2.05, 4.69) is 15.6 Å². The third-order valence-electron chi connectivity index (χ3n) is 4.80. The first kappa shape index (κ1) is 24.1. The van der Waals surface area contributed by atoms with Crippen molar-refractivity contribution in [2.75, 3.05) is 17.7 Å². The maximum atomic E-state index is 12.7. The van der Waals surface area contributed by atoms with Gasteiger partial charge in [0.1, 0.15) is 11.9 Å². The van der Waals surface area contributed by atoms with Crippen LogP contribution in [0.2, 0.25) is 0 Å². The summed E-state index contributed by atoms with van der Waals surface area (Å²) < 4.78 is 49.8. The van der Waals surface area contributed by atoms with Crippen LogP contribution in [0.4, 0.5) is 24.5 Å². The quantitative estimate of drug-likeness (QED) is 0.450. The molecule has 3 aromatic heterocycles. The predicted octanol–water partition coefficient (Wildman–Crippen LogP) is 5.08. The molecule has 0 radical (unpaired) electrons. The van der Waals surface area contributed by atoms with Crippen LogP contribution in [-0.4, -0.2) is 40.8 Å². The molecule has 33 heavy (non-hydrogen) atoms. The van der Waals surface area contributed by atoms with Gasteiger partial charge in [-0.15, -0.1) is 0 Å². The molecule has 0 aromatic carbocycles. The lowest BCUT2D eigenvalue weighted by molar-refractivity contribution is -0.136. The lowest BCUT2D eigenvalue weighted by Gasteiger charge is -2.17. The minimum atomic E-state index is -4.33. The molecule has 11 heteroatoms. The van der Waals surface area contributed by atoms with Crippen LogP contribution >= 0.6 is 0 Å². The maximum absolute atomic E-state index is 12.7. The SMILES string of the molecule is COC(=O)c1c(NC(=O)c2ccoc2)c2cc(N[C@H](C)CC(F)(F)F)cnc2n1CC(C)C. The Labute approximate surface area is 188 Å². The number of carbonyl (C=O) groups is 2. The highest BCUT2D eigenvalue weighted by Gasteiger charge is 2.31. The van der Waals surface area contributed by atoms with Crippen LogP contribution in [0.3, 0.4) is 0 Å². The summed E-state index contributed by atoms with van der Waals surface area (Å²) in [5.41, 5.74) is 1.18. The number of esters is 1. The number of nitrogens with one attached hydrogen (secondary N) is 2. The van der Waals surface area contributed by atoms with Gasteiger partial charge >= 0.3 is 12.1 Å². The van der Waals surface area contributed by atoms with Gasteiger partial charge in [-0.25, -0.2) is 9.78 Å². The molecule has 8 nitrogen and oxygen atoms in total. The Morgan fingerprint density at radius 3 is 2.58 bits per heavy atom. The molecule has 3 heterocycles. The smallest absolute Gasteiger partial charge is 0.391 e. The number of aromatic nitrogens is 2. The molecule has 2 N–H and O–H groups in total. The number of furan rings is 1. The van der Waals surface area contributed by atoms with E-state index < -0.39 is 30.5 Å². The minimum absolute atomic E-state index is 0.0889. The molecule has 3 aromatic rings. The van der Waals surface area contributed by atoms with E-state index in [1.165, 1.54) is 38.8 Å². The van der Waals surface area contributed by atoms with Crippen molar-refractivity contribution in [2.45, 2.75) is 46.0 Å². The van der Waals surface area contributed by atoms with E-state index in [4.69, 9.17) is 9.15 Å². The largest absolute Gasteiger partial charge is 0.472 e. The molecule has 1 amide bonds. The fourth-order valence-electron chi connectivity index (χ4n) is 3.54. The Morgan fingerprint density at radius 1 is 1.27 bits per heavy atom. The Kier molecular flexibility index (Phi) is 6.99. The first-order chi connectivity index (χ1) is 15.5. The fourth-order valence-corrected chi connectivity index (χ4v) is 3.54. The number of ether oxygens (including phenoxy) is 1. The van der Waals surface area contributed by atoms with E-state index in [1.807, 2.05) is 13.8 Å². The zero-order chi connectivity index (χ0) is 24.3. The highest BCUT2D eigenvalue weighted by Crippen LogP contribution is 2.34. The molecule has 3 rings (SSSR count). The summed E-state index contributed by atoms with van der Waals surface area (Å²) in [6.45, 7) is 5.70. The molecule has 0 aliphatic carbocycles. The van der Waals surface area contributed by atoms with Crippen molar-refractivity contribution in [1.82, 2.24) is 9.55 Å². The molecule has 178 valence electrons. The van der Waals surface area contributed by atoms with Crippen LogP contribution < -0.4 is 10.6 Å². The van der Waals surface area contributed by atoms with Crippen LogP contribution in [0, 0.1) is 5.92 Å². The summed E-state index contributed by atoms with van der Waals surface area (Å²) in [6, 6.07) is 2.11. The molecule has 0 saturated carbocycles. The van der Waals surface area contributed by atoms with Gasteiger partial charge in [-0.3, -0.25) is 4.79 Å². The molecule has 0 bridgehead atoms. The first-order valence-corrected chi connectivity index (χ1v) is 10.3. The third-order valence-corrected chi connectivity index (χ3v) is 4.80. The fraction of sp³-hybridized carbons (Fsp3) is 0.409. The van der Waals surface area contributed by atoms with Crippen molar-refractivity contribution in [3.8, 4) is 0 Å². The number of hydrogen-bond acceptors (Lipinski definition) is 6. The molecule has 0 spiro atoms. The zero-order valence-corrected chi connectivity index (χ0v) is 18.6. The summed E-state index contributed by atoms with van der Waals surface area (Å²) in [5.74, 6) is -1.09. The van der Waals surface area contributed by atoms with Crippen molar-refractivity contribution in [1.29, 1.82) is 0 Å². The predicted molar refractivity (Wildman–Crippen MR) is 116 cm³/mol. The van der Waals surface area contributed by atoms with E-state index >= 15 is 0 Å². The highest BCUT2D eigenvalue weighted by molar-refractivity contribution is 6.14. The second kappa shape index (κ2) is 9.55. The molecule has 1 atom stereocenters. The summed E-state index contributed by atoms with van der Waals surface area (Å²) in [4.78, 5) is 29.8. The van der Waals surface area contributed by atoms with Gasteiger partial charge < -0.3 is 24.4 Å². The highest BCUT2D eigenvalue weighted by atomic mass is 19.4. The second-order valence-corrected chi connectivity index (χ2v) is 8.15. The second-order valence-electron chi connectivity index (χ2n) is 8.15. The van der Waals surface area contributed by atoms with Gasteiger partial charge in [0.15, 0.2) is 5.69 Å². The monoisotopic (exact) mass is 466 g/mol. The number of alkyl halides is 3. The van der Waals surface area contributed by atoms with Crippen molar-refractivity contribution < 1.29 is 31.9 Å². The number of halogens is 3. The normalized spacial score (nSPS) is 12.7. The van der Waals surface area contributed by atoms with Gasteiger partial charge in [-0.05, 0) is 25.0 Å². The summed E-state index contributed by atoms with van der Waals surface area (Å²) in [7, 11) is 1.22. The molecular formula is C22H25F3N4O4. The maximum Gasteiger partial charge on any atom is 0.391 e. The van der Waals surface area contributed by atoms with Crippen LogP contribution in [0.1, 0.15) is 48.0 Å². The lowest BCUT2D eigenvalue weighted by atomic mass is 10.2. The average Bonchev–Trinajstić information content (AvgIpc) is 3.33. The topological polar surface area (TPSA) is 98.4 Å². The molecule has 0 aliphatic rings. The van der Waals surface area contributed by atoms with Crippen molar-refractivity contribution in [3.63, 3.8) is 0 Å². The number of rotatable bonds is 8. The van der Waals surface area contributed by atoms with E-state index in [1.54, 1.807) is 10.6 Å². The summed E-state index contributed by atoms with van der Waals surface area (Å²) in [6.07, 6.45) is -1.37. The number of nitrogens with zero attached hydrogens (tertiary/aromatic N) is 2. The van der Waals surface area contributed by atoms with E-state index in [9.17, 15) is 22.8 Å². The van der Waals surface area contributed by atoms with Gasteiger partial charge in [0, 0.05) is 18.0 Å². The van der Waals surface area contributed by atoms with Crippen LogP contribution in [0.25, 0.3) is 11.0 Å². The first-order valence-electron chi connectivity index (χ1n) is 10.3. The average molecular weight is 466 g/mol. The lowest BCUT2D eigenvalue weighted by Crippen LogP contribution is -2.23. The van der Waals surface area contributed by atoms with E-state index in [-0.39, 0.29) is 22.9 Å². The third kappa shape index (κ3) is 5.65. The molecule has 0 fully saturated rings. The Bertz CT molecular complexity index is 1140. The number of amides is 1. The van der Waals surface area contributed by atoms with Crippen molar-refractivity contribution >= 4 is 34.3 Å². The Morgan fingerprint density at radius 2 is 2.00 bits per heavy atom. The number of anilines is 2. The van der Waals surface area contributed by atoms with Gasteiger partial charge in [-0.2, -0.15) is 13.2 Å². The Balaban J connectivity index is 2.12. The van der Waals surface area contributed by atoms with Crippen LogP contribution in [-0.2, 0) is 11.3 Å². The summed E-state index contributed by atoms with van der Waals surface area (Å²) >= 11 is 0. The standard InChI is InChI=1S/C22H25F3N4O4/c1-12(2)10-29-18(21(31)32-4)17(28-20(30)14-5-6-33-11-14)16-7-15(9-26-19(16)29)27-13(3)8-22(23,24)25/h5-7,9,11-13,27H,8,10H2,1-4H3,(H,28,30)/t13-/m1/s1. The minimum Gasteiger partial charge on any atom is -0.472 e. The zero-order valence-electron chi connectivity index (χ0n) is 18.6. The van der Waals surface area contributed by atoms with Gasteiger partial charge in [-0.1, -0.05) is 13.8 Å². The van der Waals surface area contributed by atoms with Crippen LogP contribution in [0.5, 0.6) is 0 Å². The van der Waals surface area contributed by atoms with Crippen molar-refractivity contribution in [2.24, 2.45) is 5.92 Å².